The Kier molecular flexibility index (Phi) is 4.13. The average molecular weight is 331 g/mol. The van der Waals surface area contributed by atoms with E-state index in [1.54, 1.807) is 4.90 Å². The first-order valence-electron chi connectivity index (χ1n) is 7.53. The number of urea groups is 1. The van der Waals surface area contributed by atoms with Crippen LogP contribution in [0.15, 0.2) is 30.8 Å². The van der Waals surface area contributed by atoms with Crippen molar-refractivity contribution in [3.63, 3.8) is 0 Å². The van der Waals surface area contributed by atoms with E-state index in [4.69, 9.17) is 11.6 Å². The van der Waals surface area contributed by atoms with E-state index >= 15 is 0 Å². The van der Waals surface area contributed by atoms with Gasteiger partial charge in [0.05, 0.1) is 18.1 Å². The standard InChI is InChI=1S/C17H19ClN4O/c1-4-21-14(9-18)20-16-15(21)12(3)19-17(23)22(16)10-13-7-5-11(2)6-8-13/h5-8H,3-4,9-10H2,1-2H3,(H,19,23). The number of anilines is 1. The molecule has 0 unspecified atom stereocenters. The number of hydrogen-bond acceptors (Lipinski definition) is 2. The molecule has 0 spiro atoms. The lowest BCUT2D eigenvalue weighted by Crippen LogP contribution is -2.43. The minimum Gasteiger partial charge on any atom is -0.324 e. The molecule has 1 aromatic heterocycles. The Morgan fingerprint density at radius 3 is 2.61 bits per heavy atom. The summed E-state index contributed by atoms with van der Waals surface area (Å²) < 4.78 is 1.99. The maximum Gasteiger partial charge on any atom is 0.327 e. The number of nitrogens with zero attached hydrogens (tertiary/aromatic N) is 3. The highest BCUT2D eigenvalue weighted by atomic mass is 35.5. The van der Waals surface area contributed by atoms with Gasteiger partial charge in [-0.05, 0) is 19.4 Å². The third kappa shape index (κ3) is 2.72. The monoisotopic (exact) mass is 330 g/mol. The lowest BCUT2D eigenvalue weighted by Gasteiger charge is -2.28. The van der Waals surface area contributed by atoms with E-state index in [9.17, 15) is 4.79 Å². The number of benzene rings is 1. The largest absolute Gasteiger partial charge is 0.327 e. The van der Waals surface area contributed by atoms with Crippen LogP contribution in [0.5, 0.6) is 0 Å². The Morgan fingerprint density at radius 1 is 1.30 bits per heavy atom. The lowest BCUT2D eigenvalue weighted by molar-refractivity contribution is 0.249. The van der Waals surface area contributed by atoms with Crippen LogP contribution < -0.4 is 10.2 Å². The van der Waals surface area contributed by atoms with Gasteiger partial charge in [0.1, 0.15) is 11.5 Å². The van der Waals surface area contributed by atoms with Crippen LogP contribution >= 0.6 is 11.6 Å². The maximum atomic E-state index is 12.4. The second kappa shape index (κ2) is 6.08. The molecule has 0 aliphatic carbocycles. The van der Waals surface area contributed by atoms with Crippen LogP contribution in [0.25, 0.3) is 5.70 Å². The Labute approximate surface area is 140 Å². The molecule has 23 heavy (non-hydrogen) atoms. The Balaban J connectivity index is 2.03. The first-order chi connectivity index (χ1) is 11.0. The topological polar surface area (TPSA) is 50.2 Å². The van der Waals surface area contributed by atoms with Crippen molar-refractivity contribution in [3.05, 3.63) is 53.5 Å². The molecular formula is C17H19ClN4O. The quantitative estimate of drug-likeness (QED) is 0.870. The number of imidazole rings is 1. The molecular weight excluding hydrogens is 312 g/mol. The summed E-state index contributed by atoms with van der Waals surface area (Å²) in [5.74, 6) is 1.66. The van der Waals surface area contributed by atoms with Crippen LogP contribution in [0.3, 0.4) is 0 Å². The lowest BCUT2D eigenvalue weighted by atomic mass is 10.1. The van der Waals surface area contributed by atoms with Gasteiger partial charge in [0.25, 0.3) is 0 Å². The molecule has 1 N–H and O–H groups in total. The van der Waals surface area contributed by atoms with E-state index in [0.29, 0.717) is 23.9 Å². The maximum absolute atomic E-state index is 12.4. The number of nitrogens with one attached hydrogen (secondary N) is 1. The molecule has 2 aromatic rings. The van der Waals surface area contributed by atoms with Crippen molar-refractivity contribution in [3.8, 4) is 0 Å². The molecule has 0 saturated carbocycles. The number of aryl methyl sites for hydroxylation is 1. The summed E-state index contributed by atoms with van der Waals surface area (Å²) >= 11 is 6.00. The summed E-state index contributed by atoms with van der Waals surface area (Å²) in [7, 11) is 0. The van der Waals surface area contributed by atoms with Crippen molar-refractivity contribution in [2.24, 2.45) is 0 Å². The van der Waals surface area contributed by atoms with Crippen molar-refractivity contribution >= 4 is 29.1 Å². The van der Waals surface area contributed by atoms with E-state index in [2.05, 4.69) is 16.9 Å². The molecule has 2 heterocycles. The van der Waals surface area contributed by atoms with Crippen LogP contribution in [0.1, 0.15) is 29.6 Å². The molecule has 0 atom stereocenters. The fourth-order valence-electron chi connectivity index (χ4n) is 2.79. The van der Waals surface area contributed by atoms with Crippen LogP contribution in [-0.4, -0.2) is 15.6 Å². The summed E-state index contributed by atoms with van der Waals surface area (Å²) in [6, 6.07) is 7.89. The van der Waals surface area contributed by atoms with Crippen molar-refractivity contribution in [2.45, 2.75) is 32.8 Å². The molecule has 0 radical (unpaired) electrons. The fourth-order valence-corrected chi connectivity index (χ4v) is 2.99. The number of halogens is 1. The zero-order valence-corrected chi connectivity index (χ0v) is 14.0. The number of aromatic nitrogens is 2. The minimum absolute atomic E-state index is 0.218. The molecule has 120 valence electrons. The smallest absolute Gasteiger partial charge is 0.324 e. The Bertz CT molecular complexity index is 764. The number of alkyl halides is 1. The van der Waals surface area contributed by atoms with Gasteiger partial charge in [-0.2, -0.15) is 0 Å². The van der Waals surface area contributed by atoms with Crippen LogP contribution in [0.4, 0.5) is 10.6 Å². The SMILES string of the molecule is C=C1NC(=O)N(Cc2ccc(C)cc2)c2nc(CCl)n(CC)c21. The fraction of sp³-hybridized carbons (Fsp3) is 0.294. The molecule has 3 rings (SSSR count). The molecule has 1 aromatic carbocycles. The zero-order valence-electron chi connectivity index (χ0n) is 13.3. The summed E-state index contributed by atoms with van der Waals surface area (Å²) in [4.78, 5) is 18.6. The number of fused-ring (bicyclic) bond motifs is 1. The number of carbonyl (C=O) groups is 1. The first kappa shape index (κ1) is 15.6. The van der Waals surface area contributed by atoms with Crippen molar-refractivity contribution < 1.29 is 4.79 Å². The summed E-state index contributed by atoms with van der Waals surface area (Å²) in [6.07, 6.45) is 0. The minimum atomic E-state index is -0.218. The van der Waals surface area contributed by atoms with E-state index < -0.39 is 0 Å². The van der Waals surface area contributed by atoms with Gasteiger partial charge >= 0.3 is 6.03 Å². The molecule has 0 saturated heterocycles. The van der Waals surface area contributed by atoms with Crippen LogP contribution in [0.2, 0.25) is 0 Å². The van der Waals surface area contributed by atoms with Crippen LogP contribution in [0, 0.1) is 6.92 Å². The molecule has 0 bridgehead atoms. The summed E-state index contributed by atoms with van der Waals surface area (Å²) in [5.41, 5.74) is 3.62. The Morgan fingerprint density at radius 2 is 2.00 bits per heavy atom. The summed E-state index contributed by atoms with van der Waals surface area (Å²) in [6.45, 7) is 9.18. The Hall–Kier alpha value is -2.27. The highest BCUT2D eigenvalue weighted by Gasteiger charge is 2.32. The van der Waals surface area contributed by atoms with Gasteiger partial charge < -0.3 is 9.88 Å². The van der Waals surface area contributed by atoms with Crippen molar-refractivity contribution in [1.82, 2.24) is 14.9 Å². The van der Waals surface area contributed by atoms with Gasteiger partial charge in [0, 0.05) is 6.54 Å². The normalized spacial score (nSPS) is 14.0. The highest BCUT2D eigenvalue weighted by Crippen LogP contribution is 2.32. The number of amides is 2. The van der Waals surface area contributed by atoms with E-state index in [0.717, 1.165) is 23.6 Å². The predicted molar refractivity (Wildman–Crippen MR) is 92.4 cm³/mol. The van der Waals surface area contributed by atoms with Gasteiger partial charge in [0.15, 0.2) is 5.82 Å². The van der Waals surface area contributed by atoms with Crippen molar-refractivity contribution in [1.29, 1.82) is 0 Å². The first-order valence-corrected chi connectivity index (χ1v) is 8.07. The second-order valence-electron chi connectivity index (χ2n) is 5.56. The molecule has 0 fully saturated rings. The van der Waals surface area contributed by atoms with Crippen molar-refractivity contribution in [2.75, 3.05) is 4.90 Å². The van der Waals surface area contributed by atoms with E-state index in [1.807, 2.05) is 42.7 Å². The molecule has 1 aliphatic rings. The van der Waals surface area contributed by atoms with Gasteiger partial charge in [-0.15, -0.1) is 11.6 Å². The summed E-state index contributed by atoms with van der Waals surface area (Å²) in [5, 5.41) is 2.82. The van der Waals surface area contributed by atoms with Gasteiger partial charge in [-0.3, -0.25) is 4.90 Å². The number of rotatable bonds is 4. The predicted octanol–water partition coefficient (Wildman–Crippen LogP) is 3.65. The van der Waals surface area contributed by atoms with Crippen LogP contribution in [-0.2, 0) is 19.0 Å². The van der Waals surface area contributed by atoms with Gasteiger partial charge in [-0.25, -0.2) is 9.78 Å². The third-order valence-electron chi connectivity index (χ3n) is 3.97. The third-order valence-corrected chi connectivity index (χ3v) is 4.21. The van der Waals surface area contributed by atoms with E-state index in [-0.39, 0.29) is 6.03 Å². The molecule has 5 nitrogen and oxygen atoms in total. The molecule has 2 amide bonds. The molecule has 6 heteroatoms. The molecule has 1 aliphatic heterocycles. The average Bonchev–Trinajstić information content (AvgIpc) is 2.92. The zero-order chi connectivity index (χ0) is 16.6. The van der Waals surface area contributed by atoms with Gasteiger partial charge in [-0.1, -0.05) is 36.4 Å². The second-order valence-corrected chi connectivity index (χ2v) is 5.83. The number of hydrogen-bond donors (Lipinski definition) is 1. The number of carbonyl (C=O) groups excluding carboxylic acids is 1. The van der Waals surface area contributed by atoms with E-state index in [1.165, 1.54) is 5.56 Å². The van der Waals surface area contributed by atoms with Gasteiger partial charge in [0.2, 0.25) is 0 Å². The highest BCUT2D eigenvalue weighted by molar-refractivity contribution is 6.16.